The average molecular weight is 413 g/mol. The quantitative estimate of drug-likeness (QED) is 0.376. The first-order chi connectivity index (χ1) is 14.1. The van der Waals surface area contributed by atoms with E-state index in [9.17, 15) is 9.59 Å². The molecule has 0 radical (unpaired) electrons. The van der Waals surface area contributed by atoms with E-state index in [2.05, 4.69) is 41.2 Å². The fourth-order valence-corrected chi connectivity index (χ4v) is 7.33. The van der Waals surface area contributed by atoms with Gasteiger partial charge in [0, 0.05) is 24.2 Å². The van der Waals surface area contributed by atoms with Gasteiger partial charge >= 0.3 is 5.97 Å². The van der Waals surface area contributed by atoms with Gasteiger partial charge in [0.2, 0.25) is 0 Å². The molecule has 3 nitrogen and oxygen atoms in total. The van der Waals surface area contributed by atoms with Gasteiger partial charge in [-0.15, -0.1) is 0 Å². The topological polar surface area (TPSA) is 43.4 Å². The Bertz CT molecular complexity index is 790. The van der Waals surface area contributed by atoms with E-state index >= 15 is 0 Å². The van der Waals surface area contributed by atoms with Crippen molar-refractivity contribution >= 4 is 11.8 Å². The molecule has 2 fully saturated rings. The zero-order valence-corrected chi connectivity index (χ0v) is 19.7. The average Bonchev–Trinajstić information content (AvgIpc) is 3.04. The highest BCUT2D eigenvalue weighted by atomic mass is 16.5. The van der Waals surface area contributed by atoms with Gasteiger partial charge in [0.15, 0.2) is 0 Å². The predicted molar refractivity (Wildman–Crippen MR) is 120 cm³/mol. The lowest BCUT2D eigenvalue weighted by atomic mass is 9.55. The molecule has 30 heavy (non-hydrogen) atoms. The Hall–Kier alpha value is -1.38. The van der Waals surface area contributed by atoms with E-state index in [0.717, 1.165) is 31.4 Å². The monoisotopic (exact) mass is 412 g/mol. The summed E-state index contributed by atoms with van der Waals surface area (Å²) in [6.45, 7) is 15.9. The Kier molecular flexibility index (Phi) is 5.56. The van der Waals surface area contributed by atoms with E-state index < -0.39 is 0 Å². The van der Waals surface area contributed by atoms with E-state index in [1.807, 2.05) is 0 Å². The number of allylic oxidation sites excluding steroid dienone is 3. The van der Waals surface area contributed by atoms with E-state index in [0.29, 0.717) is 36.5 Å². The number of carbonyl (C=O) groups excluding carboxylic acids is 2. The molecule has 0 N–H and O–H groups in total. The largest absolute Gasteiger partial charge is 0.431 e. The van der Waals surface area contributed by atoms with Crippen molar-refractivity contribution in [1.82, 2.24) is 0 Å². The third kappa shape index (κ3) is 3.31. The molecule has 0 aromatic carbocycles. The smallest absolute Gasteiger partial charge is 0.315 e. The molecule has 0 aromatic heterocycles. The van der Waals surface area contributed by atoms with Crippen molar-refractivity contribution in [3.05, 3.63) is 23.5 Å². The maximum absolute atomic E-state index is 13.0. The SMILES string of the molecule is C=C(CC[C@@H](C)[C@H]1CC[C@H]2C3=C(CC[C@]12C)[C@@]1(C)CCC(=O)C[C@@H]1C(=O)O3)C(C)C. The normalized spacial score (nSPS) is 39.3. The van der Waals surface area contributed by atoms with Crippen molar-refractivity contribution in [2.24, 2.45) is 40.4 Å². The molecule has 3 heteroatoms. The van der Waals surface area contributed by atoms with Crippen LogP contribution >= 0.6 is 0 Å². The number of hydrogen-bond acceptors (Lipinski definition) is 3. The van der Waals surface area contributed by atoms with Crippen LogP contribution in [0.1, 0.15) is 92.4 Å². The van der Waals surface area contributed by atoms with E-state index in [4.69, 9.17) is 4.74 Å². The Morgan fingerprint density at radius 3 is 2.53 bits per heavy atom. The molecule has 4 rings (SSSR count). The lowest BCUT2D eigenvalue weighted by Crippen LogP contribution is -2.49. The third-order valence-corrected chi connectivity index (χ3v) is 9.67. The van der Waals surface area contributed by atoms with E-state index in [1.54, 1.807) is 0 Å². The van der Waals surface area contributed by atoms with Crippen LogP contribution in [0.25, 0.3) is 0 Å². The highest BCUT2D eigenvalue weighted by molar-refractivity contribution is 5.88. The number of esters is 1. The van der Waals surface area contributed by atoms with Gasteiger partial charge in [0.1, 0.15) is 11.5 Å². The highest BCUT2D eigenvalue weighted by Gasteiger charge is 2.59. The van der Waals surface area contributed by atoms with Gasteiger partial charge in [-0.05, 0) is 73.7 Å². The van der Waals surface area contributed by atoms with E-state index in [1.165, 1.54) is 30.4 Å². The van der Waals surface area contributed by atoms with Crippen LogP contribution in [0.15, 0.2) is 23.5 Å². The van der Waals surface area contributed by atoms with Crippen molar-refractivity contribution in [3.8, 4) is 0 Å². The van der Waals surface area contributed by atoms with Crippen LogP contribution in [0, 0.1) is 40.4 Å². The van der Waals surface area contributed by atoms with E-state index in [-0.39, 0.29) is 28.5 Å². The number of Topliss-reactive ketones (excluding diaryl/α,β-unsaturated/α-hetero) is 1. The summed E-state index contributed by atoms with van der Waals surface area (Å²) in [6, 6.07) is 0. The van der Waals surface area contributed by atoms with Gasteiger partial charge in [0.05, 0.1) is 5.92 Å². The van der Waals surface area contributed by atoms with Crippen LogP contribution in [0.4, 0.5) is 0 Å². The van der Waals surface area contributed by atoms with Gasteiger partial charge in [-0.3, -0.25) is 9.59 Å². The molecule has 0 spiro atoms. The fourth-order valence-electron chi connectivity index (χ4n) is 7.33. The summed E-state index contributed by atoms with van der Waals surface area (Å²) in [4.78, 5) is 25.0. The minimum atomic E-state index is -0.264. The first-order valence-corrected chi connectivity index (χ1v) is 12.2. The number of ketones is 1. The Morgan fingerprint density at radius 2 is 1.83 bits per heavy atom. The van der Waals surface area contributed by atoms with Crippen molar-refractivity contribution in [2.45, 2.75) is 92.4 Å². The van der Waals surface area contributed by atoms with Gasteiger partial charge in [-0.25, -0.2) is 0 Å². The molecule has 4 aliphatic rings. The zero-order valence-electron chi connectivity index (χ0n) is 19.7. The summed E-state index contributed by atoms with van der Waals surface area (Å²) >= 11 is 0. The standard InChI is InChI=1S/C27H40O3/c1-16(2)17(3)7-8-18(4)20-9-10-21-24-22(12-14-26(20,21)5)27(6)13-11-19(28)15-23(27)25(29)30-24/h16,18,20-21,23H,3,7-15H2,1-2,4-6H3/t18-,20-,21+,23-,26-,27-/m1/s1. The molecule has 1 aliphatic heterocycles. The number of ether oxygens (including phenoxy) is 1. The summed E-state index contributed by atoms with van der Waals surface area (Å²) in [6.07, 6.45) is 8.68. The van der Waals surface area contributed by atoms with Gasteiger partial charge in [-0.2, -0.15) is 0 Å². The molecule has 0 unspecified atom stereocenters. The number of hydrogen-bond donors (Lipinski definition) is 0. The van der Waals surface area contributed by atoms with Gasteiger partial charge < -0.3 is 4.74 Å². The third-order valence-electron chi connectivity index (χ3n) is 9.67. The second-order valence-electron chi connectivity index (χ2n) is 11.5. The zero-order chi connectivity index (χ0) is 21.8. The maximum atomic E-state index is 13.0. The van der Waals surface area contributed by atoms with Crippen LogP contribution < -0.4 is 0 Å². The molecule has 6 atom stereocenters. The summed E-state index contributed by atoms with van der Waals surface area (Å²) in [5.41, 5.74) is 2.79. The first kappa shape index (κ1) is 21.8. The summed E-state index contributed by atoms with van der Waals surface area (Å²) in [5.74, 6) is 3.09. The van der Waals surface area contributed by atoms with Crippen molar-refractivity contribution in [2.75, 3.05) is 0 Å². The van der Waals surface area contributed by atoms with Crippen molar-refractivity contribution in [1.29, 1.82) is 0 Å². The number of fused-ring (bicyclic) bond motifs is 4. The Labute approximate surface area is 182 Å². The molecule has 0 saturated heterocycles. The van der Waals surface area contributed by atoms with Gasteiger partial charge in [0.25, 0.3) is 0 Å². The van der Waals surface area contributed by atoms with Crippen molar-refractivity contribution < 1.29 is 14.3 Å². The van der Waals surface area contributed by atoms with Gasteiger partial charge in [-0.1, -0.05) is 46.8 Å². The maximum Gasteiger partial charge on any atom is 0.315 e. The molecule has 3 aliphatic carbocycles. The Morgan fingerprint density at radius 1 is 1.10 bits per heavy atom. The fraction of sp³-hybridized carbons (Fsp3) is 0.778. The Balaban J connectivity index is 1.57. The lowest BCUT2D eigenvalue weighted by Gasteiger charge is -2.52. The summed E-state index contributed by atoms with van der Waals surface area (Å²) < 4.78 is 6.08. The summed E-state index contributed by atoms with van der Waals surface area (Å²) in [5, 5.41) is 0. The lowest BCUT2D eigenvalue weighted by molar-refractivity contribution is -0.159. The molecule has 1 heterocycles. The molecule has 0 bridgehead atoms. The first-order valence-electron chi connectivity index (χ1n) is 12.2. The molecule has 0 amide bonds. The van der Waals surface area contributed by atoms with Crippen LogP contribution in [0.3, 0.4) is 0 Å². The number of carbonyl (C=O) groups is 2. The highest BCUT2D eigenvalue weighted by Crippen LogP contribution is 2.64. The second kappa shape index (κ2) is 7.64. The van der Waals surface area contributed by atoms with Crippen molar-refractivity contribution in [3.63, 3.8) is 0 Å². The summed E-state index contributed by atoms with van der Waals surface area (Å²) in [7, 11) is 0. The van der Waals surface area contributed by atoms with Crippen LogP contribution in [-0.4, -0.2) is 11.8 Å². The van der Waals surface area contributed by atoms with Crippen LogP contribution in [-0.2, 0) is 14.3 Å². The van der Waals surface area contributed by atoms with Crippen LogP contribution in [0.2, 0.25) is 0 Å². The molecular weight excluding hydrogens is 372 g/mol. The molecule has 0 aromatic rings. The minimum Gasteiger partial charge on any atom is -0.431 e. The minimum absolute atomic E-state index is 0.140. The predicted octanol–water partition coefficient (Wildman–Crippen LogP) is 6.63. The molecular formula is C27H40O3. The number of rotatable bonds is 5. The molecule has 166 valence electrons. The molecule has 2 saturated carbocycles. The second-order valence-corrected chi connectivity index (χ2v) is 11.5. The van der Waals surface area contributed by atoms with Crippen LogP contribution in [0.5, 0.6) is 0 Å².